The number of aromatic nitrogens is 3. The van der Waals surface area contributed by atoms with E-state index < -0.39 is 0 Å². The van der Waals surface area contributed by atoms with E-state index in [9.17, 15) is 4.79 Å². The van der Waals surface area contributed by atoms with Gasteiger partial charge in [0.15, 0.2) is 5.69 Å². The summed E-state index contributed by atoms with van der Waals surface area (Å²) in [6, 6.07) is 14.0. The zero-order valence-electron chi connectivity index (χ0n) is 15.9. The molecule has 134 valence electrons. The van der Waals surface area contributed by atoms with Crippen molar-refractivity contribution in [3.8, 4) is 5.69 Å². The molecule has 26 heavy (non-hydrogen) atoms. The highest BCUT2D eigenvalue weighted by molar-refractivity contribution is 6.05. The smallest absolute Gasteiger partial charge is 0.280 e. The molecule has 3 rings (SSSR count). The Labute approximate surface area is 154 Å². The van der Waals surface area contributed by atoms with Crippen molar-refractivity contribution in [3.05, 3.63) is 70.5 Å². The minimum Gasteiger partial charge on any atom is -0.307 e. The summed E-state index contributed by atoms with van der Waals surface area (Å²) in [6.07, 6.45) is 0. The lowest BCUT2D eigenvalue weighted by atomic mass is 10.1. The predicted octanol–water partition coefficient (Wildman–Crippen LogP) is 4.17. The Balaban J connectivity index is 2.00. The number of para-hydroxylation sites is 1. The number of amides is 1. The molecular weight excluding hydrogens is 324 g/mol. The van der Waals surface area contributed by atoms with Crippen LogP contribution in [0, 0.1) is 27.7 Å². The topological polar surface area (TPSA) is 51.0 Å². The van der Waals surface area contributed by atoms with Crippen LogP contribution in [0.1, 0.15) is 39.8 Å². The van der Waals surface area contributed by atoms with Crippen molar-refractivity contribution < 1.29 is 4.79 Å². The van der Waals surface area contributed by atoms with E-state index >= 15 is 0 Å². The molecule has 0 spiro atoms. The molecule has 0 aliphatic heterocycles. The predicted molar refractivity (Wildman–Crippen MR) is 104 cm³/mol. The molecule has 0 fully saturated rings. The molecule has 1 aromatic heterocycles. The van der Waals surface area contributed by atoms with Crippen LogP contribution in [-0.2, 0) is 0 Å². The molecular formula is C21H24N4O. The summed E-state index contributed by atoms with van der Waals surface area (Å²) in [6.45, 7) is 10.4. The van der Waals surface area contributed by atoms with E-state index in [0.717, 1.165) is 22.5 Å². The molecule has 0 aliphatic rings. The third-order valence-electron chi connectivity index (χ3n) is 4.52. The highest BCUT2D eigenvalue weighted by Gasteiger charge is 2.23. The number of carbonyl (C=O) groups excluding carboxylic acids is 1. The molecule has 2 aromatic carbocycles. The van der Waals surface area contributed by atoms with Crippen molar-refractivity contribution in [2.24, 2.45) is 0 Å². The molecule has 5 heteroatoms. The van der Waals surface area contributed by atoms with Crippen LogP contribution in [-0.4, -0.2) is 27.4 Å². The first-order valence-electron chi connectivity index (χ1n) is 8.81. The average molecular weight is 348 g/mol. The van der Waals surface area contributed by atoms with Crippen molar-refractivity contribution in [1.29, 1.82) is 0 Å². The molecule has 0 aliphatic carbocycles. The maximum absolute atomic E-state index is 13.1. The van der Waals surface area contributed by atoms with Gasteiger partial charge in [-0.1, -0.05) is 35.9 Å². The van der Waals surface area contributed by atoms with Crippen LogP contribution in [0.15, 0.2) is 42.5 Å². The van der Waals surface area contributed by atoms with Gasteiger partial charge in [-0.2, -0.15) is 9.90 Å². The summed E-state index contributed by atoms with van der Waals surface area (Å²) >= 11 is 0. The van der Waals surface area contributed by atoms with Gasteiger partial charge in [0.1, 0.15) is 0 Å². The Morgan fingerprint density at radius 2 is 1.73 bits per heavy atom. The summed E-state index contributed by atoms with van der Waals surface area (Å²) in [5.41, 5.74) is 6.12. The highest BCUT2D eigenvalue weighted by Crippen LogP contribution is 2.22. The zero-order valence-corrected chi connectivity index (χ0v) is 15.9. The standard InChI is InChI=1S/C21H24N4O/c1-6-24(18-10-8-7-9-15(18)3)21(26)20-17(5)22-25(23-20)19-12-11-14(2)13-16(19)4/h7-13H,6H2,1-5H3. The second-order valence-electron chi connectivity index (χ2n) is 6.55. The summed E-state index contributed by atoms with van der Waals surface area (Å²) in [4.78, 5) is 16.5. The van der Waals surface area contributed by atoms with Gasteiger partial charge < -0.3 is 4.90 Å². The van der Waals surface area contributed by atoms with Crippen LogP contribution in [0.3, 0.4) is 0 Å². The molecule has 0 atom stereocenters. The lowest BCUT2D eigenvalue weighted by Gasteiger charge is -2.22. The number of benzene rings is 2. The van der Waals surface area contributed by atoms with Gasteiger partial charge in [-0.25, -0.2) is 0 Å². The number of aryl methyl sites for hydroxylation is 4. The van der Waals surface area contributed by atoms with Crippen molar-refractivity contribution in [3.63, 3.8) is 0 Å². The quantitative estimate of drug-likeness (QED) is 0.711. The van der Waals surface area contributed by atoms with Crippen LogP contribution in [0.5, 0.6) is 0 Å². The molecule has 0 unspecified atom stereocenters. The largest absolute Gasteiger partial charge is 0.307 e. The number of carbonyl (C=O) groups is 1. The molecule has 1 heterocycles. The fourth-order valence-electron chi connectivity index (χ4n) is 3.13. The lowest BCUT2D eigenvalue weighted by molar-refractivity contribution is 0.0982. The van der Waals surface area contributed by atoms with E-state index in [1.165, 1.54) is 5.56 Å². The van der Waals surface area contributed by atoms with Crippen molar-refractivity contribution in [2.45, 2.75) is 34.6 Å². The normalized spacial score (nSPS) is 10.8. The first kappa shape index (κ1) is 17.9. The maximum atomic E-state index is 13.1. The van der Waals surface area contributed by atoms with Crippen molar-refractivity contribution in [1.82, 2.24) is 15.0 Å². The van der Waals surface area contributed by atoms with Crippen LogP contribution < -0.4 is 4.90 Å². The van der Waals surface area contributed by atoms with Crippen LogP contribution in [0.4, 0.5) is 5.69 Å². The lowest BCUT2D eigenvalue weighted by Crippen LogP contribution is -2.32. The Hall–Kier alpha value is -2.95. The Morgan fingerprint density at radius 3 is 2.38 bits per heavy atom. The van der Waals surface area contributed by atoms with Crippen LogP contribution in [0.2, 0.25) is 0 Å². The first-order valence-corrected chi connectivity index (χ1v) is 8.81. The van der Waals surface area contributed by atoms with Gasteiger partial charge in [0.05, 0.1) is 11.4 Å². The summed E-state index contributed by atoms with van der Waals surface area (Å²) in [5, 5.41) is 8.99. The van der Waals surface area contributed by atoms with Gasteiger partial charge in [0.2, 0.25) is 0 Å². The van der Waals surface area contributed by atoms with Gasteiger partial charge in [-0.05, 0) is 57.9 Å². The summed E-state index contributed by atoms with van der Waals surface area (Å²) in [5.74, 6) is -0.129. The van der Waals surface area contributed by atoms with Gasteiger partial charge in [0.25, 0.3) is 5.91 Å². The highest BCUT2D eigenvalue weighted by atomic mass is 16.2. The maximum Gasteiger partial charge on any atom is 0.280 e. The Morgan fingerprint density at radius 1 is 1.00 bits per heavy atom. The summed E-state index contributed by atoms with van der Waals surface area (Å²) in [7, 11) is 0. The molecule has 0 bridgehead atoms. The van der Waals surface area contributed by atoms with Crippen LogP contribution >= 0.6 is 0 Å². The first-order chi connectivity index (χ1) is 12.4. The number of hydrogen-bond acceptors (Lipinski definition) is 3. The molecule has 0 radical (unpaired) electrons. The average Bonchev–Trinajstić information content (AvgIpc) is 2.98. The molecule has 0 saturated carbocycles. The minimum atomic E-state index is -0.129. The Bertz CT molecular complexity index is 958. The third-order valence-corrected chi connectivity index (χ3v) is 4.52. The third kappa shape index (κ3) is 3.25. The second-order valence-corrected chi connectivity index (χ2v) is 6.55. The van der Waals surface area contributed by atoms with Gasteiger partial charge >= 0.3 is 0 Å². The van der Waals surface area contributed by atoms with E-state index in [4.69, 9.17) is 0 Å². The van der Waals surface area contributed by atoms with Crippen LogP contribution in [0.25, 0.3) is 5.69 Å². The minimum absolute atomic E-state index is 0.129. The van der Waals surface area contributed by atoms with E-state index in [2.05, 4.69) is 23.2 Å². The SMILES string of the molecule is CCN(C(=O)c1nn(-c2ccc(C)cc2C)nc1C)c1ccccc1C. The van der Waals surface area contributed by atoms with E-state index in [-0.39, 0.29) is 5.91 Å². The molecule has 1 amide bonds. The van der Waals surface area contributed by atoms with Gasteiger partial charge in [-0.15, -0.1) is 5.10 Å². The fourth-order valence-corrected chi connectivity index (χ4v) is 3.13. The second kappa shape index (κ2) is 7.12. The van der Waals surface area contributed by atoms with E-state index in [0.29, 0.717) is 17.9 Å². The van der Waals surface area contributed by atoms with E-state index in [1.807, 2.05) is 64.1 Å². The number of anilines is 1. The number of nitrogens with zero attached hydrogens (tertiary/aromatic N) is 4. The number of rotatable bonds is 4. The molecule has 0 N–H and O–H groups in total. The molecule has 5 nitrogen and oxygen atoms in total. The molecule has 3 aromatic rings. The Kier molecular flexibility index (Phi) is 4.89. The fraction of sp³-hybridized carbons (Fsp3) is 0.286. The van der Waals surface area contributed by atoms with Gasteiger partial charge in [0, 0.05) is 12.2 Å². The zero-order chi connectivity index (χ0) is 18.8. The summed E-state index contributed by atoms with van der Waals surface area (Å²) < 4.78 is 0. The van der Waals surface area contributed by atoms with Crippen molar-refractivity contribution >= 4 is 11.6 Å². The molecule has 0 saturated heterocycles. The number of hydrogen-bond donors (Lipinski definition) is 0. The monoisotopic (exact) mass is 348 g/mol. The van der Waals surface area contributed by atoms with Crippen molar-refractivity contribution in [2.75, 3.05) is 11.4 Å². The van der Waals surface area contributed by atoms with Gasteiger partial charge in [-0.3, -0.25) is 4.79 Å². The van der Waals surface area contributed by atoms with E-state index in [1.54, 1.807) is 9.70 Å².